The van der Waals surface area contributed by atoms with Crippen LogP contribution in [0.3, 0.4) is 0 Å². The van der Waals surface area contributed by atoms with E-state index in [1.165, 1.54) is 12.1 Å². The van der Waals surface area contributed by atoms with Crippen LogP contribution in [0.2, 0.25) is 0 Å². The summed E-state index contributed by atoms with van der Waals surface area (Å²) in [6, 6.07) is 13.7. The molecule has 1 aliphatic rings. The maximum absolute atomic E-state index is 12.4. The Bertz CT molecular complexity index is 815. The highest BCUT2D eigenvalue weighted by Crippen LogP contribution is 2.21. The first-order valence-electron chi connectivity index (χ1n) is 9.69. The van der Waals surface area contributed by atoms with E-state index in [0.29, 0.717) is 38.5 Å². The Morgan fingerprint density at radius 2 is 1.55 bits per heavy atom. The van der Waals surface area contributed by atoms with Crippen LogP contribution in [0.5, 0.6) is 11.5 Å². The molecule has 154 valence electrons. The minimum atomic E-state index is -0.411. The molecule has 0 atom stereocenters. The zero-order chi connectivity index (χ0) is 20.6. The van der Waals surface area contributed by atoms with E-state index in [0.717, 1.165) is 17.9 Å². The number of ether oxygens (including phenoxy) is 2. The number of carbonyl (C=O) groups is 1. The second kappa shape index (κ2) is 9.77. The lowest BCUT2D eigenvalue weighted by atomic mass is 10.2. The first-order chi connectivity index (χ1) is 14.1. The monoisotopic (exact) mass is 399 g/mol. The van der Waals surface area contributed by atoms with Crippen LogP contribution in [0.15, 0.2) is 48.5 Å². The average molecular weight is 399 g/mol. The van der Waals surface area contributed by atoms with Gasteiger partial charge in [0.25, 0.3) is 11.6 Å². The largest absolute Gasteiger partial charge is 0.494 e. The van der Waals surface area contributed by atoms with Gasteiger partial charge in [0.15, 0.2) is 6.61 Å². The topological polar surface area (TPSA) is 85.2 Å². The number of anilines is 1. The second-order valence-electron chi connectivity index (χ2n) is 6.75. The van der Waals surface area contributed by atoms with Gasteiger partial charge in [-0.2, -0.15) is 0 Å². The molecule has 8 heteroatoms. The van der Waals surface area contributed by atoms with E-state index < -0.39 is 4.92 Å². The summed E-state index contributed by atoms with van der Waals surface area (Å²) >= 11 is 0. The number of hydrogen-bond acceptors (Lipinski definition) is 6. The lowest BCUT2D eigenvalue weighted by Gasteiger charge is -2.36. The predicted octanol–water partition coefficient (Wildman–Crippen LogP) is 3.11. The molecule has 0 aromatic heterocycles. The van der Waals surface area contributed by atoms with Crippen molar-refractivity contribution in [2.75, 3.05) is 44.3 Å². The molecule has 2 aromatic carbocycles. The number of benzene rings is 2. The molecule has 1 amide bonds. The third kappa shape index (κ3) is 5.60. The molecule has 0 bridgehead atoms. The number of non-ortho nitro benzene ring substituents is 1. The minimum Gasteiger partial charge on any atom is -0.494 e. The quantitative estimate of drug-likeness (QED) is 0.501. The zero-order valence-electron chi connectivity index (χ0n) is 16.5. The van der Waals surface area contributed by atoms with Gasteiger partial charge in [0, 0.05) is 44.0 Å². The van der Waals surface area contributed by atoms with Crippen LogP contribution >= 0.6 is 0 Å². The molecule has 0 N–H and O–H groups in total. The van der Waals surface area contributed by atoms with Crippen LogP contribution in [0, 0.1) is 10.1 Å². The highest BCUT2D eigenvalue weighted by molar-refractivity contribution is 5.78. The molecule has 0 aliphatic carbocycles. The summed E-state index contributed by atoms with van der Waals surface area (Å²) in [7, 11) is 0. The molecule has 0 spiro atoms. The number of piperazine rings is 1. The van der Waals surface area contributed by atoms with Crippen molar-refractivity contribution in [2.24, 2.45) is 0 Å². The molecular weight excluding hydrogens is 374 g/mol. The maximum Gasteiger partial charge on any atom is 0.269 e. The van der Waals surface area contributed by atoms with Crippen LogP contribution in [0.4, 0.5) is 11.4 Å². The lowest BCUT2D eigenvalue weighted by molar-refractivity contribution is -0.384. The number of nitro groups is 1. The van der Waals surface area contributed by atoms with Gasteiger partial charge in [0.2, 0.25) is 0 Å². The molecule has 1 aliphatic heterocycles. The third-order valence-corrected chi connectivity index (χ3v) is 4.72. The summed E-state index contributed by atoms with van der Waals surface area (Å²) in [6.45, 7) is 5.23. The SMILES string of the molecule is CCCOc1ccc(OCC(=O)N2CCN(c3ccc([N+](=O)[O-])cc3)CC2)cc1. The minimum absolute atomic E-state index is 0.00725. The Morgan fingerprint density at radius 3 is 2.10 bits per heavy atom. The van der Waals surface area contributed by atoms with Crippen LogP contribution < -0.4 is 14.4 Å². The van der Waals surface area contributed by atoms with E-state index in [1.54, 1.807) is 29.2 Å². The Morgan fingerprint density at radius 1 is 0.966 bits per heavy atom. The van der Waals surface area contributed by atoms with Crippen molar-refractivity contribution in [3.05, 3.63) is 58.6 Å². The zero-order valence-corrected chi connectivity index (χ0v) is 16.5. The third-order valence-electron chi connectivity index (χ3n) is 4.72. The molecule has 1 fully saturated rings. The van der Waals surface area contributed by atoms with E-state index in [1.807, 2.05) is 12.1 Å². The van der Waals surface area contributed by atoms with Crippen molar-refractivity contribution in [2.45, 2.75) is 13.3 Å². The highest BCUT2D eigenvalue weighted by atomic mass is 16.6. The summed E-state index contributed by atoms with van der Waals surface area (Å²) < 4.78 is 11.1. The van der Waals surface area contributed by atoms with Crippen molar-refractivity contribution in [3.8, 4) is 11.5 Å². The van der Waals surface area contributed by atoms with Crippen molar-refractivity contribution >= 4 is 17.3 Å². The molecule has 3 rings (SSSR count). The van der Waals surface area contributed by atoms with Crippen molar-refractivity contribution in [1.82, 2.24) is 4.90 Å². The number of nitro benzene ring substituents is 1. The number of carbonyl (C=O) groups excluding carboxylic acids is 1. The highest BCUT2D eigenvalue weighted by Gasteiger charge is 2.22. The number of amides is 1. The molecule has 1 saturated heterocycles. The van der Waals surface area contributed by atoms with Gasteiger partial charge in [-0.05, 0) is 42.8 Å². The molecule has 8 nitrogen and oxygen atoms in total. The summed E-state index contributed by atoms with van der Waals surface area (Å²) in [5.41, 5.74) is 0.994. The smallest absolute Gasteiger partial charge is 0.269 e. The standard InChI is InChI=1S/C21H25N3O5/c1-2-15-28-19-7-9-20(10-8-19)29-16-21(25)23-13-11-22(12-14-23)17-3-5-18(6-4-17)24(26)27/h3-10H,2,11-16H2,1H3. The van der Waals surface area contributed by atoms with Gasteiger partial charge in [-0.3, -0.25) is 14.9 Å². The van der Waals surface area contributed by atoms with Gasteiger partial charge in [0.1, 0.15) is 11.5 Å². The Labute approximate surface area is 169 Å². The molecule has 29 heavy (non-hydrogen) atoms. The molecule has 1 heterocycles. The average Bonchev–Trinajstić information content (AvgIpc) is 2.77. The lowest BCUT2D eigenvalue weighted by Crippen LogP contribution is -2.50. The fraction of sp³-hybridized carbons (Fsp3) is 0.381. The molecule has 0 radical (unpaired) electrons. The predicted molar refractivity (Wildman–Crippen MR) is 110 cm³/mol. The molecule has 0 unspecified atom stereocenters. The first kappa shape index (κ1) is 20.4. The summed E-state index contributed by atoms with van der Waals surface area (Å²) in [6.07, 6.45) is 0.949. The van der Waals surface area contributed by atoms with E-state index in [-0.39, 0.29) is 18.2 Å². The van der Waals surface area contributed by atoms with Crippen LogP contribution in [0.25, 0.3) is 0 Å². The van der Waals surface area contributed by atoms with E-state index in [9.17, 15) is 14.9 Å². The second-order valence-corrected chi connectivity index (χ2v) is 6.75. The molecule has 2 aromatic rings. The Hall–Kier alpha value is -3.29. The van der Waals surface area contributed by atoms with Gasteiger partial charge in [0.05, 0.1) is 11.5 Å². The van der Waals surface area contributed by atoms with E-state index >= 15 is 0 Å². The number of rotatable bonds is 8. The summed E-state index contributed by atoms with van der Waals surface area (Å²) in [5, 5.41) is 10.8. The first-order valence-corrected chi connectivity index (χ1v) is 9.69. The van der Waals surface area contributed by atoms with Crippen molar-refractivity contribution in [3.63, 3.8) is 0 Å². The van der Waals surface area contributed by atoms with Crippen LogP contribution in [0.1, 0.15) is 13.3 Å². The number of hydrogen-bond donors (Lipinski definition) is 0. The number of nitrogens with zero attached hydrogens (tertiary/aromatic N) is 3. The Kier molecular flexibility index (Phi) is 6.89. The van der Waals surface area contributed by atoms with Crippen LogP contribution in [-0.2, 0) is 4.79 Å². The van der Waals surface area contributed by atoms with Crippen LogP contribution in [-0.4, -0.2) is 55.1 Å². The molecule has 0 saturated carbocycles. The van der Waals surface area contributed by atoms with E-state index in [2.05, 4.69) is 11.8 Å². The fourth-order valence-electron chi connectivity index (χ4n) is 3.09. The Balaban J connectivity index is 1.44. The maximum atomic E-state index is 12.4. The fourth-order valence-corrected chi connectivity index (χ4v) is 3.09. The summed E-state index contributed by atoms with van der Waals surface area (Å²) in [4.78, 5) is 26.7. The normalized spacial score (nSPS) is 13.8. The van der Waals surface area contributed by atoms with Gasteiger partial charge in [-0.1, -0.05) is 6.92 Å². The van der Waals surface area contributed by atoms with Gasteiger partial charge in [-0.15, -0.1) is 0 Å². The van der Waals surface area contributed by atoms with E-state index in [4.69, 9.17) is 9.47 Å². The summed E-state index contributed by atoms with van der Waals surface area (Å²) in [5.74, 6) is 1.36. The van der Waals surface area contributed by atoms with Crippen molar-refractivity contribution in [1.29, 1.82) is 0 Å². The van der Waals surface area contributed by atoms with Gasteiger partial charge < -0.3 is 19.3 Å². The molecular formula is C21H25N3O5. The van der Waals surface area contributed by atoms with Crippen molar-refractivity contribution < 1.29 is 19.2 Å². The van der Waals surface area contributed by atoms with Gasteiger partial charge >= 0.3 is 0 Å². The van der Waals surface area contributed by atoms with Gasteiger partial charge in [-0.25, -0.2) is 0 Å².